The van der Waals surface area contributed by atoms with Crippen molar-refractivity contribution in [1.82, 2.24) is 10.2 Å². The molecule has 1 heterocycles. The highest BCUT2D eigenvalue weighted by atomic mass is 35.5. The first-order valence-corrected chi connectivity index (χ1v) is 15.6. The zero-order chi connectivity index (χ0) is 29.8. The summed E-state index contributed by atoms with van der Waals surface area (Å²) in [4.78, 5) is 16.2. The molecule has 224 valence electrons. The number of piperidine rings is 1. The normalized spacial score (nSPS) is 18.4. The quantitative estimate of drug-likeness (QED) is 0.224. The van der Waals surface area contributed by atoms with E-state index in [4.69, 9.17) is 32.7 Å². The number of benzene rings is 3. The van der Waals surface area contributed by atoms with Crippen molar-refractivity contribution in [1.29, 1.82) is 0 Å². The van der Waals surface area contributed by atoms with E-state index in [0.717, 1.165) is 48.4 Å². The number of ether oxygens (including phenoxy) is 2. The Morgan fingerprint density at radius 2 is 1.69 bits per heavy atom. The highest BCUT2D eigenvalue weighted by molar-refractivity contribution is 6.37. The average Bonchev–Trinajstić information content (AvgIpc) is 3.80. The lowest BCUT2D eigenvalue weighted by Crippen LogP contribution is -2.52. The van der Waals surface area contributed by atoms with Crippen LogP contribution in [0.5, 0.6) is 11.5 Å². The SMILES string of the molecule is Cc1cc(Cl)c(OCCOc2ccc(NC3CCNCC3C(=O)N(Cc3cccc(C)c3C)C3CC3)c(C)c2)c(Cl)c1. The van der Waals surface area contributed by atoms with Gasteiger partial charge in [0.2, 0.25) is 5.91 Å². The highest BCUT2D eigenvalue weighted by Gasteiger charge is 2.40. The lowest BCUT2D eigenvalue weighted by atomic mass is 9.90. The summed E-state index contributed by atoms with van der Waals surface area (Å²) < 4.78 is 11.7. The number of hydrogen-bond acceptors (Lipinski definition) is 5. The van der Waals surface area contributed by atoms with Crippen molar-refractivity contribution in [3.8, 4) is 11.5 Å². The molecule has 3 aromatic carbocycles. The van der Waals surface area contributed by atoms with Gasteiger partial charge in [-0.3, -0.25) is 4.79 Å². The molecule has 3 aromatic rings. The Hall–Kier alpha value is -2.93. The standard InChI is InChI=1S/C34H41Cl2N3O3/c1-21-16-29(35)33(30(36)17-21)42-15-14-41-27-10-11-31(23(3)18-27)38-32-12-13-37-19-28(32)34(40)39(26-8-9-26)20-25-7-5-6-22(2)24(25)4/h5-7,10-11,16-18,26,28,32,37-38H,8-9,12-15,19-20H2,1-4H3. The third kappa shape index (κ3) is 7.34. The number of nitrogens with zero attached hydrogens (tertiary/aromatic N) is 1. The second-order valence-electron chi connectivity index (χ2n) is 11.6. The van der Waals surface area contributed by atoms with Crippen LogP contribution >= 0.6 is 23.2 Å². The molecule has 2 aliphatic rings. The molecule has 1 amide bonds. The van der Waals surface area contributed by atoms with Gasteiger partial charge in [-0.15, -0.1) is 0 Å². The Morgan fingerprint density at radius 3 is 2.40 bits per heavy atom. The lowest BCUT2D eigenvalue weighted by Gasteiger charge is -2.36. The highest BCUT2D eigenvalue weighted by Crippen LogP contribution is 2.35. The number of amides is 1. The lowest BCUT2D eigenvalue weighted by molar-refractivity contribution is -0.137. The summed E-state index contributed by atoms with van der Waals surface area (Å²) in [5, 5.41) is 8.17. The molecule has 8 heteroatoms. The molecule has 0 spiro atoms. The fraction of sp³-hybridized carbons (Fsp3) is 0.441. The molecule has 1 aliphatic carbocycles. The van der Waals surface area contributed by atoms with E-state index >= 15 is 0 Å². The second-order valence-corrected chi connectivity index (χ2v) is 12.5. The number of hydrogen-bond donors (Lipinski definition) is 2. The van der Waals surface area contributed by atoms with Crippen molar-refractivity contribution >= 4 is 34.8 Å². The van der Waals surface area contributed by atoms with Crippen molar-refractivity contribution in [3.05, 3.63) is 86.4 Å². The zero-order valence-electron chi connectivity index (χ0n) is 24.9. The fourth-order valence-electron chi connectivity index (χ4n) is 5.66. The summed E-state index contributed by atoms with van der Waals surface area (Å²) in [6, 6.07) is 16.5. The summed E-state index contributed by atoms with van der Waals surface area (Å²) in [5.41, 5.74) is 6.86. The van der Waals surface area contributed by atoms with Gasteiger partial charge < -0.3 is 25.0 Å². The average molecular weight is 611 g/mol. The molecule has 0 aromatic heterocycles. The molecule has 2 N–H and O–H groups in total. The van der Waals surface area contributed by atoms with Crippen LogP contribution in [0.2, 0.25) is 10.0 Å². The molecular weight excluding hydrogens is 569 g/mol. The van der Waals surface area contributed by atoms with Crippen molar-refractivity contribution < 1.29 is 14.3 Å². The van der Waals surface area contributed by atoms with Gasteiger partial charge in [-0.2, -0.15) is 0 Å². The molecule has 6 nitrogen and oxygen atoms in total. The number of aryl methyl sites for hydroxylation is 3. The maximum atomic E-state index is 14.0. The van der Waals surface area contributed by atoms with Crippen molar-refractivity contribution in [2.75, 3.05) is 31.6 Å². The summed E-state index contributed by atoms with van der Waals surface area (Å²) in [6.07, 6.45) is 3.06. The van der Waals surface area contributed by atoms with Crippen LogP contribution in [0.1, 0.15) is 47.1 Å². The summed E-state index contributed by atoms with van der Waals surface area (Å²) >= 11 is 12.6. The predicted octanol–water partition coefficient (Wildman–Crippen LogP) is 7.27. The first-order valence-electron chi connectivity index (χ1n) is 14.9. The molecule has 0 bridgehead atoms. The molecule has 0 radical (unpaired) electrons. The molecular formula is C34H41Cl2N3O3. The molecule has 1 saturated carbocycles. The van der Waals surface area contributed by atoms with Crippen molar-refractivity contribution in [3.63, 3.8) is 0 Å². The van der Waals surface area contributed by atoms with Gasteiger partial charge in [0.1, 0.15) is 19.0 Å². The molecule has 2 atom stereocenters. The summed E-state index contributed by atoms with van der Waals surface area (Å²) in [5.74, 6) is 1.35. The molecule has 2 unspecified atom stereocenters. The first-order chi connectivity index (χ1) is 20.2. The molecule has 1 saturated heterocycles. The van der Waals surface area contributed by atoms with E-state index in [9.17, 15) is 4.79 Å². The second kappa shape index (κ2) is 13.6. The Kier molecular flexibility index (Phi) is 9.87. The van der Waals surface area contributed by atoms with Crippen LogP contribution in [-0.4, -0.2) is 49.2 Å². The zero-order valence-corrected chi connectivity index (χ0v) is 26.4. The third-order valence-electron chi connectivity index (χ3n) is 8.41. The van der Waals surface area contributed by atoms with Gasteiger partial charge in [0.25, 0.3) is 0 Å². The van der Waals surface area contributed by atoms with Crippen LogP contribution in [0.25, 0.3) is 0 Å². The van der Waals surface area contributed by atoms with Gasteiger partial charge in [0.05, 0.1) is 16.0 Å². The first kappa shape index (κ1) is 30.5. The van der Waals surface area contributed by atoms with E-state index in [-0.39, 0.29) is 17.9 Å². The Bertz CT molecular complexity index is 1400. The largest absolute Gasteiger partial charge is 0.490 e. The smallest absolute Gasteiger partial charge is 0.229 e. The number of halogens is 2. The van der Waals surface area contributed by atoms with E-state index in [2.05, 4.69) is 54.5 Å². The maximum Gasteiger partial charge on any atom is 0.229 e. The van der Waals surface area contributed by atoms with Gasteiger partial charge in [0, 0.05) is 30.9 Å². The minimum absolute atomic E-state index is 0.0569. The summed E-state index contributed by atoms with van der Waals surface area (Å²) in [6.45, 7) is 11.2. The molecule has 1 aliphatic heterocycles. The minimum Gasteiger partial charge on any atom is -0.490 e. The molecule has 2 fully saturated rings. The topological polar surface area (TPSA) is 62.8 Å². The number of rotatable bonds is 11. The number of anilines is 1. The molecule has 5 rings (SSSR count). The van der Waals surface area contributed by atoms with Crippen LogP contribution in [0.4, 0.5) is 5.69 Å². The van der Waals surface area contributed by atoms with E-state index in [1.807, 2.05) is 37.3 Å². The van der Waals surface area contributed by atoms with Gasteiger partial charge >= 0.3 is 0 Å². The van der Waals surface area contributed by atoms with Crippen molar-refractivity contribution in [2.24, 2.45) is 5.92 Å². The van der Waals surface area contributed by atoms with Crippen LogP contribution in [0, 0.1) is 33.6 Å². The summed E-state index contributed by atoms with van der Waals surface area (Å²) in [7, 11) is 0. The Labute approximate surface area is 259 Å². The van der Waals surface area contributed by atoms with Crippen LogP contribution in [0.15, 0.2) is 48.5 Å². The van der Waals surface area contributed by atoms with Gasteiger partial charge in [-0.1, -0.05) is 41.4 Å². The Morgan fingerprint density at radius 1 is 0.952 bits per heavy atom. The number of carbonyl (C=O) groups is 1. The Balaban J connectivity index is 1.20. The number of nitrogens with one attached hydrogen (secondary N) is 2. The van der Waals surface area contributed by atoms with E-state index in [1.54, 1.807) is 0 Å². The van der Waals surface area contributed by atoms with E-state index < -0.39 is 0 Å². The monoisotopic (exact) mass is 609 g/mol. The van der Waals surface area contributed by atoms with E-state index in [1.165, 1.54) is 16.7 Å². The predicted molar refractivity (Wildman–Crippen MR) is 171 cm³/mol. The van der Waals surface area contributed by atoms with Gasteiger partial charge in [0.15, 0.2) is 5.75 Å². The van der Waals surface area contributed by atoms with Crippen LogP contribution in [-0.2, 0) is 11.3 Å². The van der Waals surface area contributed by atoms with Crippen LogP contribution in [0.3, 0.4) is 0 Å². The van der Waals surface area contributed by atoms with Gasteiger partial charge in [-0.25, -0.2) is 0 Å². The van der Waals surface area contributed by atoms with E-state index in [0.29, 0.717) is 48.1 Å². The number of carbonyl (C=O) groups excluding carboxylic acids is 1. The fourth-order valence-corrected chi connectivity index (χ4v) is 6.36. The van der Waals surface area contributed by atoms with Gasteiger partial charge in [-0.05, 0) is 112 Å². The van der Waals surface area contributed by atoms with Crippen molar-refractivity contribution in [2.45, 2.75) is 65.6 Å². The van der Waals surface area contributed by atoms with Crippen LogP contribution < -0.4 is 20.1 Å². The third-order valence-corrected chi connectivity index (χ3v) is 8.97. The maximum absolute atomic E-state index is 14.0. The minimum atomic E-state index is -0.127. The molecule has 42 heavy (non-hydrogen) atoms.